The largest absolute Gasteiger partial charge is 0.376 e. The van der Waals surface area contributed by atoms with Crippen molar-refractivity contribution in [3.05, 3.63) is 75.7 Å². The second-order valence-corrected chi connectivity index (χ2v) is 6.94. The van der Waals surface area contributed by atoms with Crippen molar-refractivity contribution in [1.29, 1.82) is 0 Å². The van der Waals surface area contributed by atoms with E-state index in [1.165, 1.54) is 4.57 Å². The fraction of sp³-hybridized carbons (Fsp3) is 0.238. The first-order valence-corrected chi connectivity index (χ1v) is 9.29. The van der Waals surface area contributed by atoms with E-state index in [0.29, 0.717) is 34.2 Å². The molecule has 4 aromatic heterocycles. The molecule has 0 saturated carbocycles. The molecule has 0 spiro atoms. The van der Waals surface area contributed by atoms with E-state index < -0.39 is 0 Å². The van der Waals surface area contributed by atoms with E-state index in [1.807, 2.05) is 12.1 Å². The van der Waals surface area contributed by atoms with E-state index in [4.69, 9.17) is 4.74 Å². The highest BCUT2D eigenvalue weighted by Crippen LogP contribution is 2.17. The van der Waals surface area contributed by atoms with Crippen molar-refractivity contribution in [3.8, 4) is 5.82 Å². The van der Waals surface area contributed by atoms with E-state index in [0.717, 1.165) is 19.4 Å². The summed E-state index contributed by atoms with van der Waals surface area (Å²) in [5, 5.41) is 0.830. The fourth-order valence-corrected chi connectivity index (χ4v) is 3.69. The Labute approximate surface area is 159 Å². The Hall–Kier alpha value is -3.32. The van der Waals surface area contributed by atoms with Crippen LogP contribution in [-0.2, 0) is 11.3 Å². The summed E-state index contributed by atoms with van der Waals surface area (Å²) in [7, 11) is 0. The van der Waals surface area contributed by atoms with Crippen LogP contribution in [-0.4, -0.2) is 31.8 Å². The molecule has 1 aliphatic rings. The van der Waals surface area contributed by atoms with Crippen molar-refractivity contribution in [3.63, 3.8) is 0 Å². The number of hydrogen-bond acceptors (Lipinski definition) is 5. The zero-order valence-corrected chi connectivity index (χ0v) is 15.1. The van der Waals surface area contributed by atoms with Gasteiger partial charge in [-0.2, -0.15) is 0 Å². The van der Waals surface area contributed by atoms with Crippen molar-refractivity contribution in [2.24, 2.45) is 0 Å². The van der Waals surface area contributed by atoms with Gasteiger partial charge in [-0.15, -0.1) is 0 Å². The molecule has 0 aromatic carbocycles. The lowest BCUT2D eigenvalue weighted by Crippen LogP contribution is -2.26. The van der Waals surface area contributed by atoms with E-state index in [2.05, 4.69) is 9.97 Å². The number of hydrogen-bond donors (Lipinski definition) is 0. The molecule has 0 aliphatic carbocycles. The van der Waals surface area contributed by atoms with Crippen LogP contribution >= 0.6 is 0 Å². The predicted octanol–water partition coefficient (Wildman–Crippen LogP) is 2.27. The molecule has 1 saturated heterocycles. The van der Waals surface area contributed by atoms with Crippen molar-refractivity contribution in [2.45, 2.75) is 25.5 Å². The summed E-state index contributed by atoms with van der Waals surface area (Å²) in [5.74, 6) is 0.526. The number of ether oxygens (including phenoxy) is 1. The molecule has 0 radical (unpaired) electrons. The average molecular weight is 374 g/mol. The van der Waals surface area contributed by atoms with E-state index in [9.17, 15) is 9.59 Å². The standard InChI is InChI=1S/C21H18N4O3/c26-20-15-12-16-18(7-10-25(21(16)27)19-5-1-2-8-22-19)23-17(15)6-9-24(20)13-14-4-3-11-28-14/h1-2,5-10,12,14H,3-4,11,13H2/t14-/m0/s1. The third-order valence-electron chi connectivity index (χ3n) is 5.14. The SMILES string of the molecule is O=c1c2cc3c(=O)n(-c4ccccn4)ccc3nc2ccn1C[C@@H]1CCCO1. The van der Waals surface area contributed by atoms with Crippen LogP contribution in [0, 0.1) is 0 Å². The number of nitrogens with zero attached hydrogens (tertiary/aromatic N) is 4. The molecule has 7 heteroatoms. The molecule has 5 rings (SSSR count). The summed E-state index contributed by atoms with van der Waals surface area (Å²) < 4.78 is 8.75. The molecule has 0 bridgehead atoms. The molecule has 4 aromatic rings. The number of fused-ring (bicyclic) bond motifs is 2. The third-order valence-corrected chi connectivity index (χ3v) is 5.14. The molecule has 1 aliphatic heterocycles. The van der Waals surface area contributed by atoms with Gasteiger partial charge in [0.05, 0.1) is 34.5 Å². The van der Waals surface area contributed by atoms with Gasteiger partial charge in [0.15, 0.2) is 0 Å². The normalized spacial score (nSPS) is 16.8. The van der Waals surface area contributed by atoms with Gasteiger partial charge in [0.1, 0.15) is 5.82 Å². The average Bonchev–Trinajstić information content (AvgIpc) is 3.24. The van der Waals surface area contributed by atoms with E-state index in [-0.39, 0.29) is 17.2 Å². The van der Waals surface area contributed by atoms with Crippen LogP contribution in [0.5, 0.6) is 0 Å². The van der Waals surface area contributed by atoms with Crippen LogP contribution in [0.4, 0.5) is 0 Å². The zero-order chi connectivity index (χ0) is 19.1. The first-order chi connectivity index (χ1) is 13.7. The Kier molecular flexibility index (Phi) is 4.02. The maximum absolute atomic E-state index is 13.0. The van der Waals surface area contributed by atoms with Crippen LogP contribution in [0.2, 0.25) is 0 Å². The number of rotatable bonds is 3. The van der Waals surface area contributed by atoms with Crippen molar-refractivity contribution in [1.82, 2.24) is 19.1 Å². The Bertz CT molecular complexity index is 1290. The number of pyridine rings is 4. The van der Waals surface area contributed by atoms with Crippen LogP contribution < -0.4 is 11.1 Å². The maximum atomic E-state index is 13.0. The van der Waals surface area contributed by atoms with Gasteiger partial charge < -0.3 is 9.30 Å². The van der Waals surface area contributed by atoms with Gasteiger partial charge >= 0.3 is 0 Å². The molecule has 0 N–H and O–H groups in total. The lowest BCUT2D eigenvalue weighted by atomic mass is 10.2. The van der Waals surface area contributed by atoms with Crippen molar-refractivity contribution in [2.75, 3.05) is 6.61 Å². The monoisotopic (exact) mass is 374 g/mol. The molecule has 7 nitrogen and oxygen atoms in total. The second-order valence-electron chi connectivity index (χ2n) is 6.94. The van der Waals surface area contributed by atoms with E-state index in [1.54, 1.807) is 47.4 Å². The lowest BCUT2D eigenvalue weighted by Gasteiger charge is -2.12. The molecule has 5 heterocycles. The first-order valence-electron chi connectivity index (χ1n) is 9.29. The number of aromatic nitrogens is 4. The maximum Gasteiger partial charge on any atom is 0.265 e. The minimum Gasteiger partial charge on any atom is -0.376 e. The topological polar surface area (TPSA) is 79.0 Å². The van der Waals surface area contributed by atoms with Crippen molar-refractivity contribution < 1.29 is 4.74 Å². The third kappa shape index (κ3) is 2.80. The van der Waals surface area contributed by atoms with Crippen LogP contribution in [0.1, 0.15) is 12.8 Å². The minimum absolute atomic E-state index is 0.0601. The Balaban J connectivity index is 1.68. The van der Waals surface area contributed by atoms with Gasteiger partial charge in [0.25, 0.3) is 11.1 Å². The molecule has 1 atom stereocenters. The minimum atomic E-state index is -0.250. The van der Waals surface area contributed by atoms with Crippen LogP contribution in [0.3, 0.4) is 0 Å². The highest BCUT2D eigenvalue weighted by molar-refractivity contribution is 5.91. The predicted molar refractivity (Wildman–Crippen MR) is 106 cm³/mol. The molecule has 28 heavy (non-hydrogen) atoms. The molecule has 1 fully saturated rings. The molecule has 140 valence electrons. The highest BCUT2D eigenvalue weighted by atomic mass is 16.5. The summed E-state index contributed by atoms with van der Waals surface area (Å²) >= 11 is 0. The lowest BCUT2D eigenvalue weighted by molar-refractivity contribution is 0.0963. The van der Waals surface area contributed by atoms with Crippen molar-refractivity contribution >= 4 is 21.8 Å². The van der Waals surface area contributed by atoms with E-state index >= 15 is 0 Å². The second kappa shape index (κ2) is 6.69. The van der Waals surface area contributed by atoms with Gasteiger partial charge in [-0.3, -0.25) is 14.2 Å². The zero-order valence-electron chi connectivity index (χ0n) is 15.1. The first kappa shape index (κ1) is 16.8. The van der Waals surface area contributed by atoms with Gasteiger partial charge in [0.2, 0.25) is 0 Å². The Morgan fingerprint density at radius 3 is 2.61 bits per heavy atom. The highest BCUT2D eigenvalue weighted by Gasteiger charge is 2.17. The summed E-state index contributed by atoms with van der Waals surface area (Å²) in [4.78, 5) is 34.7. The van der Waals surface area contributed by atoms with Gasteiger partial charge in [-0.1, -0.05) is 6.07 Å². The summed E-state index contributed by atoms with van der Waals surface area (Å²) in [6.07, 6.45) is 7.07. The molecular weight excluding hydrogens is 356 g/mol. The quantitative estimate of drug-likeness (QED) is 0.514. The molecule has 0 amide bonds. The summed E-state index contributed by atoms with van der Waals surface area (Å²) in [6.45, 7) is 1.26. The van der Waals surface area contributed by atoms with Gasteiger partial charge in [0, 0.05) is 25.2 Å². The molecule has 0 unspecified atom stereocenters. The van der Waals surface area contributed by atoms with Crippen LogP contribution in [0.25, 0.3) is 27.6 Å². The fourth-order valence-electron chi connectivity index (χ4n) is 3.69. The Morgan fingerprint density at radius 1 is 1.04 bits per heavy atom. The summed E-state index contributed by atoms with van der Waals surface area (Å²) in [6, 6.07) is 10.6. The van der Waals surface area contributed by atoms with Crippen LogP contribution in [0.15, 0.2) is 64.6 Å². The molecular formula is C21H18N4O3. The van der Waals surface area contributed by atoms with Gasteiger partial charge in [-0.25, -0.2) is 9.97 Å². The Morgan fingerprint density at radius 2 is 1.86 bits per heavy atom. The van der Waals surface area contributed by atoms with Gasteiger partial charge in [-0.05, 0) is 43.2 Å². The smallest absolute Gasteiger partial charge is 0.265 e. The summed E-state index contributed by atoms with van der Waals surface area (Å²) in [5.41, 5.74) is 0.728.